The van der Waals surface area contributed by atoms with Crippen LogP contribution < -0.4 is 10.5 Å². The predicted octanol–water partition coefficient (Wildman–Crippen LogP) is 3.63. The summed E-state index contributed by atoms with van der Waals surface area (Å²) in [5, 5.41) is 0. The molecular weight excluding hydrogens is 343 g/mol. The number of fused-ring (bicyclic) bond motifs is 1. The quantitative estimate of drug-likeness (QED) is 0.714. The minimum atomic E-state index is -0.372. The molecule has 2 aromatic carbocycles. The number of benzene rings is 2. The maximum atomic E-state index is 13.9. The first-order chi connectivity index (χ1) is 13.0. The van der Waals surface area contributed by atoms with E-state index in [1.807, 2.05) is 31.2 Å². The van der Waals surface area contributed by atoms with Crippen molar-refractivity contribution < 1.29 is 9.18 Å². The van der Waals surface area contributed by atoms with E-state index in [0.29, 0.717) is 11.1 Å². The van der Waals surface area contributed by atoms with Gasteiger partial charge in [0.2, 0.25) is 0 Å². The van der Waals surface area contributed by atoms with Crippen LogP contribution in [-0.2, 0) is 13.0 Å². The molecule has 5 heteroatoms. The Hall–Kier alpha value is -3.21. The van der Waals surface area contributed by atoms with E-state index in [1.54, 1.807) is 23.1 Å². The Kier molecular flexibility index (Phi) is 4.36. The van der Waals surface area contributed by atoms with E-state index >= 15 is 0 Å². The second-order valence-electron chi connectivity index (χ2n) is 6.83. The molecule has 1 atom stereocenters. The fourth-order valence-electron chi connectivity index (χ4n) is 3.61. The topological polar surface area (TPSA) is 42.3 Å². The Bertz CT molecular complexity index is 1070. The number of halogens is 1. The Morgan fingerprint density at radius 2 is 1.81 bits per heavy atom. The van der Waals surface area contributed by atoms with E-state index < -0.39 is 0 Å². The highest BCUT2D eigenvalue weighted by molar-refractivity contribution is 6.07. The van der Waals surface area contributed by atoms with Gasteiger partial charge in [-0.3, -0.25) is 9.59 Å². The number of aromatic nitrogens is 1. The summed E-state index contributed by atoms with van der Waals surface area (Å²) in [6.07, 6.45) is 2.32. The van der Waals surface area contributed by atoms with Gasteiger partial charge >= 0.3 is 0 Å². The van der Waals surface area contributed by atoms with E-state index in [-0.39, 0.29) is 29.9 Å². The van der Waals surface area contributed by atoms with Crippen molar-refractivity contribution in [3.05, 3.63) is 99.7 Å². The van der Waals surface area contributed by atoms with Gasteiger partial charge in [0.1, 0.15) is 5.82 Å². The van der Waals surface area contributed by atoms with Gasteiger partial charge in [0.25, 0.3) is 11.5 Å². The summed E-state index contributed by atoms with van der Waals surface area (Å²) in [7, 11) is 0. The molecule has 0 spiro atoms. The summed E-state index contributed by atoms with van der Waals surface area (Å²) in [4.78, 5) is 27.1. The fourth-order valence-corrected chi connectivity index (χ4v) is 3.61. The molecule has 0 saturated carbocycles. The normalized spacial score (nSPS) is 15.6. The van der Waals surface area contributed by atoms with Crippen molar-refractivity contribution in [3.8, 4) is 0 Å². The van der Waals surface area contributed by atoms with Crippen LogP contribution in [0, 0.1) is 5.82 Å². The van der Waals surface area contributed by atoms with Gasteiger partial charge in [0.05, 0.1) is 12.1 Å². The first kappa shape index (κ1) is 17.2. The molecule has 1 amide bonds. The zero-order valence-corrected chi connectivity index (χ0v) is 14.9. The van der Waals surface area contributed by atoms with Crippen molar-refractivity contribution in [1.29, 1.82) is 0 Å². The smallest absolute Gasteiger partial charge is 0.260 e. The number of carbonyl (C=O) groups is 1. The summed E-state index contributed by atoms with van der Waals surface area (Å²) in [5.74, 6) is -0.530. The molecular formula is C22H19FN2O2. The Morgan fingerprint density at radius 1 is 1.07 bits per heavy atom. The average Bonchev–Trinajstić information content (AvgIpc) is 3.00. The minimum Gasteiger partial charge on any atom is -0.310 e. The summed E-state index contributed by atoms with van der Waals surface area (Å²) in [6, 6.07) is 17.1. The largest absolute Gasteiger partial charge is 0.310 e. The molecule has 4 rings (SSSR count). The molecule has 0 saturated heterocycles. The highest BCUT2D eigenvalue weighted by Crippen LogP contribution is 2.32. The van der Waals surface area contributed by atoms with Gasteiger partial charge in [-0.15, -0.1) is 0 Å². The molecule has 0 fully saturated rings. The van der Waals surface area contributed by atoms with Crippen LogP contribution in [0.15, 0.2) is 71.7 Å². The molecule has 0 radical (unpaired) electrons. The summed E-state index contributed by atoms with van der Waals surface area (Å²) < 4.78 is 15.3. The van der Waals surface area contributed by atoms with Gasteiger partial charge < -0.3 is 9.47 Å². The predicted molar refractivity (Wildman–Crippen MR) is 103 cm³/mol. The van der Waals surface area contributed by atoms with Gasteiger partial charge in [0.15, 0.2) is 0 Å². The molecule has 2 heterocycles. The number of anilines is 1. The summed E-state index contributed by atoms with van der Waals surface area (Å²) in [5.41, 5.74) is 2.59. The van der Waals surface area contributed by atoms with Crippen molar-refractivity contribution in [2.24, 2.45) is 0 Å². The zero-order chi connectivity index (χ0) is 19.0. The molecule has 0 unspecified atom stereocenters. The Morgan fingerprint density at radius 3 is 2.63 bits per heavy atom. The van der Waals surface area contributed by atoms with E-state index in [2.05, 4.69) is 0 Å². The second kappa shape index (κ2) is 6.83. The van der Waals surface area contributed by atoms with E-state index in [1.165, 1.54) is 29.0 Å². The molecule has 0 bridgehead atoms. The van der Waals surface area contributed by atoms with Crippen LogP contribution in [0.3, 0.4) is 0 Å². The van der Waals surface area contributed by atoms with Crippen LogP contribution in [0.5, 0.6) is 0 Å². The molecule has 27 heavy (non-hydrogen) atoms. The molecule has 1 aliphatic heterocycles. The zero-order valence-electron chi connectivity index (χ0n) is 14.9. The minimum absolute atomic E-state index is 0.0434. The van der Waals surface area contributed by atoms with Crippen LogP contribution in [0.1, 0.15) is 28.4 Å². The fraction of sp³-hybridized carbons (Fsp3) is 0.182. The van der Waals surface area contributed by atoms with Gasteiger partial charge in [-0.25, -0.2) is 4.39 Å². The van der Waals surface area contributed by atoms with Crippen molar-refractivity contribution in [1.82, 2.24) is 4.57 Å². The Labute approximate surface area is 156 Å². The average molecular weight is 362 g/mol. The molecule has 136 valence electrons. The number of pyridine rings is 1. The van der Waals surface area contributed by atoms with Gasteiger partial charge in [-0.1, -0.05) is 36.4 Å². The van der Waals surface area contributed by atoms with E-state index in [9.17, 15) is 14.0 Å². The van der Waals surface area contributed by atoms with E-state index in [0.717, 1.165) is 17.7 Å². The molecule has 0 aliphatic carbocycles. The van der Waals surface area contributed by atoms with Crippen molar-refractivity contribution >= 4 is 11.6 Å². The lowest BCUT2D eigenvalue weighted by atomic mass is 10.1. The van der Waals surface area contributed by atoms with Gasteiger partial charge in [-0.2, -0.15) is 0 Å². The molecule has 0 N–H and O–H groups in total. The maximum absolute atomic E-state index is 13.9. The molecule has 4 nitrogen and oxygen atoms in total. The van der Waals surface area contributed by atoms with Crippen LogP contribution in [0.25, 0.3) is 0 Å². The first-order valence-electron chi connectivity index (χ1n) is 8.90. The lowest BCUT2D eigenvalue weighted by Gasteiger charge is -2.23. The number of carbonyl (C=O) groups excluding carboxylic acids is 1. The Balaban J connectivity index is 1.68. The first-order valence-corrected chi connectivity index (χ1v) is 8.90. The highest BCUT2D eigenvalue weighted by Gasteiger charge is 2.31. The number of rotatable bonds is 3. The van der Waals surface area contributed by atoms with Crippen LogP contribution in [0.4, 0.5) is 10.1 Å². The summed E-state index contributed by atoms with van der Waals surface area (Å²) >= 11 is 0. The second-order valence-corrected chi connectivity index (χ2v) is 6.83. The number of hydrogen-bond donors (Lipinski definition) is 0. The molecule has 3 aromatic rings. The molecule has 1 aliphatic rings. The third-order valence-electron chi connectivity index (χ3n) is 4.95. The highest BCUT2D eigenvalue weighted by atomic mass is 19.1. The maximum Gasteiger partial charge on any atom is 0.260 e. The number of nitrogens with zero attached hydrogens (tertiary/aromatic N) is 2. The number of hydrogen-bond acceptors (Lipinski definition) is 2. The summed E-state index contributed by atoms with van der Waals surface area (Å²) in [6.45, 7) is 2.09. The third kappa shape index (κ3) is 3.16. The standard InChI is InChI=1S/C22H19FN2O2/c1-15-12-16-6-3-5-9-20(16)25(15)22(27)18-10-11-21(26)24(14-18)13-17-7-2-4-8-19(17)23/h2-11,14-15H,12-13H2,1H3/t15-/m0/s1. The van der Waals surface area contributed by atoms with Crippen LogP contribution in [0.2, 0.25) is 0 Å². The van der Waals surface area contributed by atoms with Crippen molar-refractivity contribution in [2.45, 2.75) is 25.9 Å². The SMILES string of the molecule is C[C@H]1Cc2ccccc2N1C(=O)c1ccc(=O)n(Cc2ccccc2F)c1. The van der Waals surface area contributed by atoms with Crippen molar-refractivity contribution in [2.75, 3.05) is 4.90 Å². The lowest BCUT2D eigenvalue weighted by molar-refractivity contribution is 0.0980. The van der Waals surface area contributed by atoms with Crippen LogP contribution >= 0.6 is 0 Å². The van der Waals surface area contributed by atoms with Crippen molar-refractivity contribution in [3.63, 3.8) is 0 Å². The van der Waals surface area contributed by atoms with Gasteiger partial charge in [0, 0.05) is 29.6 Å². The van der Waals surface area contributed by atoms with E-state index in [4.69, 9.17) is 0 Å². The lowest BCUT2D eigenvalue weighted by Crippen LogP contribution is -2.36. The van der Waals surface area contributed by atoms with Crippen LogP contribution in [-0.4, -0.2) is 16.5 Å². The monoisotopic (exact) mass is 362 g/mol. The van der Waals surface area contributed by atoms with Gasteiger partial charge in [-0.05, 0) is 37.1 Å². The number of amides is 1. The number of para-hydroxylation sites is 1. The third-order valence-corrected chi connectivity index (χ3v) is 4.95. The molecule has 1 aromatic heterocycles.